The molecule has 0 aliphatic carbocycles. The first-order chi connectivity index (χ1) is 10.5. The standard InChI is InChI=1S/C16H16Cl2N2OS/c1-10(13-7-6-12(17)9-14(13)18)20-16(21)11(2)22-15-5-3-4-8-19-15/h3-11H,1-2H3,(H,20,21)/t10-,11-/m1/s1. The molecule has 2 atom stereocenters. The van der Waals surface area contributed by atoms with E-state index in [0.29, 0.717) is 10.0 Å². The SMILES string of the molecule is C[C@@H](Sc1ccccn1)C(=O)N[C@H](C)c1ccc(Cl)cc1Cl. The molecule has 0 radical (unpaired) electrons. The summed E-state index contributed by atoms with van der Waals surface area (Å²) in [5, 5.41) is 4.66. The van der Waals surface area contributed by atoms with Crippen LogP contribution in [0.15, 0.2) is 47.6 Å². The van der Waals surface area contributed by atoms with Crippen LogP contribution in [0.1, 0.15) is 25.5 Å². The monoisotopic (exact) mass is 354 g/mol. The van der Waals surface area contributed by atoms with Crippen molar-refractivity contribution in [2.24, 2.45) is 0 Å². The van der Waals surface area contributed by atoms with Crippen molar-refractivity contribution in [1.82, 2.24) is 10.3 Å². The number of hydrogen-bond donors (Lipinski definition) is 1. The Kier molecular flexibility index (Phi) is 6.12. The highest BCUT2D eigenvalue weighted by Gasteiger charge is 2.19. The lowest BCUT2D eigenvalue weighted by molar-refractivity contribution is -0.120. The van der Waals surface area contributed by atoms with E-state index < -0.39 is 0 Å². The Morgan fingerprint density at radius 1 is 1.23 bits per heavy atom. The van der Waals surface area contributed by atoms with Crippen molar-refractivity contribution >= 4 is 40.9 Å². The van der Waals surface area contributed by atoms with Gasteiger partial charge in [0.15, 0.2) is 0 Å². The van der Waals surface area contributed by atoms with Gasteiger partial charge in [0.2, 0.25) is 5.91 Å². The summed E-state index contributed by atoms with van der Waals surface area (Å²) in [5.41, 5.74) is 0.842. The molecule has 1 N–H and O–H groups in total. The molecule has 0 spiro atoms. The number of nitrogens with zero attached hydrogens (tertiary/aromatic N) is 1. The van der Waals surface area contributed by atoms with Gasteiger partial charge in [0.1, 0.15) is 0 Å². The second-order valence-electron chi connectivity index (χ2n) is 4.82. The summed E-state index contributed by atoms with van der Waals surface area (Å²) in [4.78, 5) is 16.5. The minimum atomic E-state index is -0.247. The van der Waals surface area contributed by atoms with Crippen molar-refractivity contribution < 1.29 is 4.79 Å². The Labute approximate surface area is 144 Å². The largest absolute Gasteiger partial charge is 0.349 e. The van der Waals surface area contributed by atoms with Crippen molar-refractivity contribution in [3.8, 4) is 0 Å². The Morgan fingerprint density at radius 3 is 2.64 bits per heavy atom. The van der Waals surface area contributed by atoms with Gasteiger partial charge >= 0.3 is 0 Å². The van der Waals surface area contributed by atoms with Crippen LogP contribution in [-0.4, -0.2) is 16.1 Å². The zero-order valence-electron chi connectivity index (χ0n) is 12.2. The predicted molar refractivity (Wildman–Crippen MR) is 92.6 cm³/mol. The number of rotatable bonds is 5. The molecule has 0 aliphatic heterocycles. The third-order valence-electron chi connectivity index (χ3n) is 3.09. The lowest BCUT2D eigenvalue weighted by atomic mass is 10.1. The lowest BCUT2D eigenvalue weighted by Crippen LogP contribution is -2.33. The van der Waals surface area contributed by atoms with Crippen LogP contribution in [0, 0.1) is 0 Å². The first kappa shape index (κ1) is 17.1. The maximum Gasteiger partial charge on any atom is 0.233 e. The number of halogens is 2. The fraction of sp³-hybridized carbons (Fsp3) is 0.250. The highest BCUT2D eigenvalue weighted by atomic mass is 35.5. The molecule has 0 aliphatic rings. The number of aromatic nitrogens is 1. The fourth-order valence-corrected chi connectivity index (χ4v) is 3.30. The van der Waals surface area contributed by atoms with Crippen molar-refractivity contribution in [1.29, 1.82) is 0 Å². The summed E-state index contributed by atoms with van der Waals surface area (Å²) in [6.45, 7) is 3.75. The molecule has 0 bridgehead atoms. The first-order valence-electron chi connectivity index (χ1n) is 6.80. The fourth-order valence-electron chi connectivity index (χ4n) is 1.91. The quantitative estimate of drug-likeness (QED) is 0.788. The van der Waals surface area contributed by atoms with Gasteiger partial charge in [-0.15, -0.1) is 0 Å². The van der Waals surface area contributed by atoms with E-state index in [4.69, 9.17) is 23.2 Å². The number of pyridine rings is 1. The highest BCUT2D eigenvalue weighted by Crippen LogP contribution is 2.27. The minimum Gasteiger partial charge on any atom is -0.349 e. The third-order valence-corrected chi connectivity index (χ3v) is 4.71. The van der Waals surface area contributed by atoms with E-state index in [-0.39, 0.29) is 17.2 Å². The van der Waals surface area contributed by atoms with Gasteiger partial charge in [-0.1, -0.05) is 47.1 Å². The molecule has 1 amide bonds. The van der Waals surface area contributed by atoms with E-state index in [1.807, 2.05) is 38.1 Å². The van der Waals surface area contributed by atoms with Gasteiger partial charge in [-0.25, -0.2) is 4.98 Å². The number of carbonyl (C=O) groups is 1. The van der Waals surface area contributed by atoms with Crippen LogP contribution >= 0.6 is 35.0 Å². The molecule has 6 heteroatoms. The Hall–Kier alpha value is -1.23. The summed E-state index contributed by atoms with van der Waals surface area (Å²) in [6.07, 6.45) is 1.71. The van der Waals surface area contributed by atoms with E-state index in [1.165, 1.54) is 11.8 Å². The molecule has 0 saturated heterocycles. The molecule has 22 heavy (non-hydrogen) atoms. The van der Waals surface area contributed by atoms with Crippen LogP contribution in [-0.2, 0) is 4.79 Å². The zero-order chi connectivity index (χ0) is 16.1. The molecule has 0 fully saturated rings. The second kappa shape index (κ2) is 7.86. The second-order valence-corrected chi connectivity index (χ2v) is 7.03. The van der Waals surface area contributed by atoms with Gasteiger partial charge in [0, 0.05) is 16.2 Å². The van der Waals surface area contributed by atoms with Gasteiger partial charge in [-0.2, -0.15) is 0 Å². The van der Waals surface area contributed by atoms with Crippen LogP contribution in [0.25, 0.3) is 0 Å². The minimum absolute atomic E-state index is 0.0610. The van der Waals surface area contributed by atoms with Gasteiger partial charge in [-0.3, -0.25) is 4.79 Å². The molecule has 116 valence electrons. The summed E-state index contributed by atoms with van der Waals surface area (Å²) < 4.78 is 0. The molecule has 0 saturated carbocycles. The van der Waals surface area contributed by atoms with Crippen molar-refractivity contribution in [2.45, 2.75) is 30.2 Å². The summed E-state index contributed by atoms with van der Waals surface area (Å²) >= 11 is 13.5. The normalized spacial score (nSPS) is 13.5. The van der Waals surface area contributed by atoms with E-state index >= 15 is 0 Å². The number of carbonyl (C=O) groups excluding carboxylic acids is 1. The van der Waals surface area contributed by atoms with Gasteiger partial charge in [0.25, 0.3) is 0 Å². The van der Waals surface area contributed by atoms with Gasteiger partial charge in [-0.05, 0) is 43.7 Å². The molecule has 1 heterocycles. The molecular weight excluding hydrogens is 339 g/mol. The molecule has 1 aromatic carbocycles. The molecule has 0 unspecified atom stereocenters. The van der Waals surface area contributed by atoms with Crippen LogP contribution < -0.4 is 5.32 Å². The van der Waals surface area contributed by atoms with Crippen molar-refractivity contribution in [3.63, 3.8) is 0 Å². The molecular formula is C16H16Cl2N2OS. The number of hydrogen-bond acceptors (Lipinski definition) is 3. The molecule has 3 nitrogen and oxygen atoms in total. The number of nitrogens with one attached hydrogen (secondary N) is 1. The van der Waals surface area contributed by atoms with Gasteiger partial charge in [0.05, 0.1) is 16.3 Å². The van der Waals surface area contributed by atoms with E-state index in [0.717, 1.165) is 10.6 Å². The van der Waals surface area contributed by atoms with Crippen LogP contribution in [0.4, 0.5) is 0 Å². The Balaban J connectivity index is 1.98. The maximum atomic E-state index is 12.3. The number of amides is 1. The number of thioether (sulfide) groups is 1. The topological polar surface area (TPSA) is 42.0 Å². The van der Waals surface area contributed by atoms with Crippen molar-refractivity contribution in [3.05, 3.63) is 58.2 Å². The summed E-state index contributed by atoms with van der Waals surface area (Å²) in [7, 11) is 0. The smallest absolute Gasteiger partial charge is 0.233 e. The zero-order valence-corrected chi connectivity index (χ0v) is 14.5. The van der Waals surface area contributed by atoms with E-state index in [2.05, 4.69) is 10.3 Å². The van der Waals surface area contributed by atoms with E-state index in [1.54, 1.807) is 18.3 Å². The summed E-state index contributed by atoms with van der Waals surface area (Å²) in [5.74, 6) is -0.0610. The average Bonchev–Trinajstić information content (AvgIpc) is 2.47. The molecule has 2 aromatic rings. The molecule has 2 rings (SSSR count). The maximum absolute atomic E-state index is 12.3. The molecule has 1 aromatic heterocycles. The van der Waals surface area contributed by atoms with Gasteiger partial charge < -0.3 is 5.32 Å². The highest BCUT2D eigenvalue weighted by molar-refractivity contribution is 8.00. The Morgan fingerprint density at radius 2 is 2.00 bits per heavy atom. The Bertz CT molecular complexity index is 652. The van der Waals surface area contributed by atoms with Crippen LogP contribution in [0.5, 0.6) is 0 Å². The predicted octanol–water partition coefficient (Wildman–Crippen LogP) is 4.75. The third kappa shape index (κ3) is 4.63. The van der Waals surface area contributed by atoms with Crippen molar-refractivity contribution in [2.75, 3.05) is 0 Å². The van der Waals surface area contributed by atoms with Crippen LogP contribution in [0.3, 0.4) is 0 Å². The van der Waals surface area contributed by atoms with Crippen LogP contribution in [0.2, 0.25) is 10.0 Å². The lowest BCUT2D eigenvalue weighted by Gasteiger charge is -2.18. The van der Waals surface area contributed by atoms with E-state index in [9.17, 15) is 4.79 Å². The summed E-state index contributed by atoms with van der Waals surface area (Å²) in [6, 6.07) is 10.7. The average molecular weight is 355 g/mol. The first-order valence-corrected chi connectivity index (χ1v) is 8.44. The number of benzene rings is 1.